The lowest BCUT2D eigenvalue weighted by Crippen LogP contribution is -2.47. The number of nitriles is 1. The molecule has 0 saturated carbocycles. The Morgan fingerprint density at radius 1 is 1.45 bits per heavy atom. The molecule has 0 aromatic heterocycles. The van der Waals surface area contributed by atoms with Gasteiger partial charge in [-0.05, 0) is 32.0 Å². The molecule has 1 amide bonds. The Morgan fingerprint density at radius 2 is 2.21 bits per heavy atom. The zero-order valence-electron chi connectivity index (χ0n) is 16.4. The fourth-order valence-corrected chi connectivity index (χ4v) is 3.97. The number of carbonyl (C=O) groups excluding carboxylic acids is 1. The lowest BCUT2D eigenvalue weighted by molar-refractivity contribution is 0.0219. The quantitative estimate of drug-likeness (QED) is 0.645. The zero-order valence-corrected chi connectivity index (χ0v) is 17.2. The molecule has 0 bridgehead atoms. The Morgan fingerprint density at radius 3 is 2.90 bits per heavy atom. The number of rotatable bonds is 7. The van der Waals surface area contributed by atoms with Crippen LogP contribution in [0.15, 0.2) is 6.07 Å². The molecular weight excluding hydrogens is 398 g/mol. The van der Waals surface area contributed by atoms with Crippen LogP contribution in [-0.4, -0.2) is 68.5 Å². The van der Waals surface area contributed by atoms with E-state index in [1.54, 1.807) is 0 Å². The van der Waals surface area contributed by atoms with Gasteiger partial charge in [0.1, 0.15) is 13.2 Å². The predicted octanol–water partition coefficient (Wildman–Crippen LogP) is 1.84. The minimum atomic E-state index is -0.529. The van der Waals surface area contributed by atoms with Gasteiger partial charge >= 0.3 is 0 Å². The molecular formula is C20H26ClN3O5. The third-order valence-corrected chi connectivity index (χ3v) is 5.54. The van der Waals surface area contributed by atoms with Gasteiger partial charge in [-0.15, -0.1) is 0 Å². The summed E-state index contributed by atoms with van der Waals surface area (Å²) in [6, 6.07) is 3.65. The number of nitrogens with zero attached hydrogens (tertiary/aromatic N) is 2. The van der Waals surface area contributed by atoms with Crippen LogP contribution < -0.4 is 19.5 Å². The molecule has 8 nitrogen and oxygen atoms in total. The van der Waals surface area contributed by atoms with Crippen LogP contribution in [0.1, 0.15) is 29.6 Å². The predicted molar refractivity (Wildman–Crippen MR) is 107 cm³/mol. The van der Waals surface area contributed by atoms with Crippen LogP contribution >= 0.6 is 11.6 Å². The molecule has 2 aliphatic rings. The number of β-amino-alcohol motifs (C(OH)–C–C–N with tert-alkyl or cyclic N) is 1. The van der Waals surface area contributed by atoms with E-state index in [2.05, 4.69) is 16.3 Å². The summed E-state index contributed by atoms with van der Waals surface area (Å²) >= 11 is 6.24. The highest BCUT2D eigenvalue weighted by Gasteiger charge is 2.30. The molecule has 2 N–H and O–H groups in total. The van der Waals surface area contributed by atoms with E-state index in [0.717, 1.165) is 25.9 Å². The van der Waals surface area contributed by atoms with Crippen LogP contribution in [0.25, 0.3) is 0 Å². The molecule has 1 aromatic carbocycles. The minimum absolute atomic E-state index is 0.0344. The number of benzene rings is 1. The maximum absolute atomic E-state index is 12.8. The number of amides is 1. The van der Waals surface area contributed by atoms with Gasteiger partial charge in [-0.25, -0.2) is 0 Å². The highest BCUT2D eigenvalue weighted by atomic mass is 35.5. The molecule has 3 rings (SSSR count). The Kier molecular flexibility index (Phi) is 7.42. The van der Waals surface area contributed by atoms with Crippen LogP contribution in [-0.2, 0) is 0 Å². The van der Waals surface area contributed by atoms with Gasteiger partial charge in [-0.3, -0.25) is 4.79 Å². The van der Waals surface area contributed by atoms with E-state index in [1.165, 1.54) is 13.2 Å². The second-order valence-electron chi connectivity index (χ2n) is 7.18. The van der Waals surface area contributed by atoms with Gasteiger partial charge in [-0.1, -0.05) is 11.6 Å². The average molecular weight is 424 g/mol. The lowest BCUT2D eigenvalue weighted by atomic mass is 9.93. The van der Waals surface area contributed by atoms with Crippen molar-refractivity contribution in [3.63, 3.8) is 0 Å². The largest absolute Gasteiger partial charge is 0.491 e. The molecule has 0 unspecified atom stereocenters. The summed E-state index contributed by atoms with van der Waals surface area (Å²) in [5.74, 6) is 0.634. The van der Waals surface area contributed by atoms with Crippen molar-refractivity contribution < 1.29 is 24.1 Å². The third kappa shape index (κ3) is 5.04. The van der Waals surface area contributed by atoms with Gasteiger partial charge in [0.2, 0.25) is 5.75 Å². The smallest absolute Gasteiger partial charge is 0.255 e. The molecule has 1 saturated heterocycles. The van der Waals surface area contributed by atoms with Crippen LogP contribution in [0.2, 0.25) is 5.02 Å². The molecule has 1 fully saturated rings. The average Bonchev–Trinajstić information content (AvgIpc) is 2.72. The number of aliphatic hydroxyl groups excluding tert-OH is 1. The third-order valence-electron chi connectivity index (χ3n) is 5.26. The van der Waals surface area contributed by atoms with Crippen molar-refractivity contribution in [1.82, 2.24) is 10.2 Å². The summed E-state index contributed by atoms with van der Waals surface area (Å²) < 4.78 is 16.5. The molecule has 0 aliphatic carbocycles. The summed E-state index contributed by atoms with van der Waals surface area (Å²) in [5.41, 5.74) is 0.286. The van der Waals surface area contributed by atoms with Crippen molar-refractivity contribution in [3.8, 4) is 23.3 Å². The van der Waals surface area contributed by atoms with E-state index in [-0.39, 0.29) is 22.4 Å². The fraction of sp³-hybridized carbons (Fsp3) is 0.600. The number of unbranched alkanes of at least 4 members (excludes halogenated alkanes) is 1. The van der Waals surface area contributed by atoms with E-state index in [4.69, 9.17) is 31.1 Å². The number of fused-ring (bicyclic) bond motifs is 1. The number of halogens is 1. The molecule has 29 heavy (non-hydrogen) atoms. The Labute approximate surface area is 175 Å². The molecule has 1 aromatic rings. The van der Waals surface area contributed by atoms with Gasteiger partial charge < -0.3 is 29.5 Å². The number of ether oxygens (including phenoxy) is 3. The van der Waals surface area contributed by atoms with Gasteiger partial charge in [0.25, 0.3) is 5.91 Å². The normalized spacial score (nSPS) is 21.3. The van der Waals surface area contributed by atoms with Gasteiger partial charge in [0.15, 0.2) is 11.5 Å². The number of carbonyl (C=O) groups is 1. The molecule has 0 radical (unpaired) electrons. The topological polar surface area (TPSA) is 104 Å². The van der Waals surface area contributed by atoms with E-state index >= 15 is 0 Å². The molecule has 9 heteroatoms. The Bertz CT molecular complexity index is 782. The van der Waals surface area contributed by atoms with Crippen molar-refractivity contribution in [1.29, 1.82) is 5.26 Å². The molecule has 158 valence electrons. The summed E-state index contributed by atoms with van der Waals surface area (Å²) in [7, 11) is 1.48. The molecule has 2 aliphatic heterocycles. The minimum Gasteiger partial charge on any atom is -0.491 e. The second kappa shape index (κ2) is 10.0. The Hall–Kier alpha value is -2.21. The monoisotopic (exact) mass is 423 g/mol. The van der Waals surface area contributed by atoms with Crippen molar-refractivity contribution >= 4 is 17.5 Å². The first-order chi connectivity index (χ1) is 14.0. The van der Waals surface area contributed by atoms with E-state index in [9.17, 15) is 9.90 Å². The Balaban J connectivity index is 1.60. The van der Waals surface area contributed by atoms with Gasteiger partial charge in [0.05, 0.1) is 29.9 Å². The highest BCUT2D eigenvalue weighted by molar-refractivity contribution is 6.33. The number of methoxy groups -OCH3 is 1. The van der Waals surface area contributed by atoms with Crippen molar-refractivity contribution in [2.45, 2.75) is 25.4 Å². The summed E-state index contributed by atoms with van der Waals surface area (Å²) in [6.45, 7) is 3.23. The van der Waals surface area contributed by atoms with Crippen molar-refractivity contribution in [2.24, 2.45) is 5.92 Å². The first-order valence-corrected chi connectivity index (χ1v) is 10.1. The second-order valence-corrected chi connectivity index (χ2v) is 7.59. The summed E-state index contributed by atoms with van der Waals surface area (Å²) in [6.07, 6.45) is 1.57. The number of hydrogen-bond acceptors (Lipinski definition) is 7. The zero-order chi connectivity index (χ0) is 20.8. The van der Waals surface area contributed by atoms with Crippen LogP contribution in [0.5, 0.6) is 17.2 Å². The standard InChI is InChI=1S/C20H26ClN3O5/c1-27-18-15(21)10-14(17-19(18)29-9-8-28-17)20(26)23-11-13-4-7-24(12-16(13)25)6-3-2-5-22/h10,13,16,25H,2-4,6-9,11-12H2,1H3,(H,23,26)/t13-,16+/m0/s1. The number of nitrogens with one attached hydrogen (secondary N) is 1. The molecule has 2 atom stereocenters. The number of piperidine rings is 1. The van der Waals surface area contributed by atoms with E-state index in [1.807, 2.05) is 0 Å². The lowest BCUT2D eigenvalue weighted by Gasteiger charge is -2.36. The van der Waals surface area contributed by atoms with Gasteiger partial charge in [-0.2, -0.15) is 5.26 Å². The maximum Gasteiger partial charge on any atom is 0.255 e. The van der Waals surface area contributed by atoms with Crippen LogP contribution in [0, 0.1) is 17.2 Å². The highest BCUT2D eigenvalue weighted by Crippen LogP contribution is 2.46. The first kappa shape index (κ1) is 21.5. The number of aliphatic hydroxyl groups is 1. The van der Waals surface area contributed by atoms with E-state index in [0.29, 0.717) is 50.0 Å². The van der Waals surface area contributed by atoms with E-state index < -0.39 is 6.10 Å². The fourth-order valence-electron chi connectivity index (χ4n) is 3.70. The van der Waals surface area contributed by atoms with Crippen molar-refractivity contribution in [3.05, 3.63) is 16.7 Å². The maximum atomic E-state index is 12.8. The van der Waals surface area contributed by atoms with Crippen LogP contribution in [0.3, 0.4) is 0 Å². The SMILES string of the molecule is COc1c(Cl)cc(C(=O)NC[C@@H]2CCN(CCCC#N)C[C@H]2O)c2c1OCCO2. The summed E-state index contributed by atoms with van der Waals surface area (Å²) in [4.78, 5) is 14.9. The number of likely N-dealkylation sites (tertiary alicyclic amines) is 1. The molecule has 2 heterocycles. The van der Waals surface area contributed by atoms with Crippen molar-refractivity contribution in [2.75, 3.05) is 46.5 Å². The summed E-state index contributed by atoms with van der Waals surface area (Å²) in [5, 5.41) is 22.2. The van der Waals surface area contributed by atoms with Gasteiger partial charge in [0, 0.05) is 25.4 Å². The van der Waals surface area contributed by atoms with Crippen LogP contribution in [0.4, 0.5) is 0 Å². The first-order valence-electron chi connectivity index (χ1n) is 9.76. The number of hydrogen-bond donors (Lipinski definition) is 2. The molecule has 0 spiro atoms.